The molecule has 0 spiro atoms. The predicted molar refractivity (Wildman–Crippen MR) is 62.4 cm³/mol. The van der Waals surface area contributed by atoms with Crippen LogP contribution in [0.15, 0.2) is 24.3 Å². The zero-order chi connectivity index (χ0) is 11.6. The van der Waals surface area contributed by atoms with Gasteiger partial charge in [-0.25, -0.2) is 18.1 Å². The molecule has 2 rings (SSSR count). The minimum atomic E-state index is -3.17. The van der Waals surface area contributed by atoms with Crippen LogP contribution in [0.2, 0.25) is 0 Å². The first-order chi connectivity index (χ1) is 7.61. The van der Waals surface area contributed by atoms with Crippen molar-refractivity contribution in [2.45, 2.75) is 13.5 Å². The number of aromatic amines is 1. The lowest BCUT2D eigenvalue weighted by atomic mass is 10.3. The Hall–Kier alpha value is -1.40. The lowest BCUT2D eigenvalue weighted by Crippen LogP contribution is -2.25. The number of nitrogens with one attached hydrogen (secondary N) is 2. The molecule has 0 aliphatic heterocycles. The van der Waals surface area contributed by atoms with Crippen molar-refractivity contribution in [2.75, 3.05) is 5.75 Å². The molecule has 2 N–H and O–H groups in total. The van der Waals surface area contributed by atoms with Gasteiger partial charge >= 0.3 is 0 Å². The average Bonchev–Trinajstić information content (AvgIpc) is 2.69. The fourth-order valence-electron chi connectivity index (χ4n) is 1.37. The summed E-state index contributed by atoms with van der Waals surface area (Å²) in [5.74, 6) is 0.700. The van der Waals surface area contributed by atoms with Crippen LogP contribution in [-0.2, 0) is 16.6 Å². The Labute approximate surface area is 93.9 Å². The summed E-state index contributed by atoms with van der Waals surface area (Å²) in [7, 11) is -3.17. The summed E-state index contributed by atoms with van der Waals surface area (Å²) in [6.45, 7) is 1.80. The highest BCUT2D eigenvalue weighted by molar-refractivity contribution is 7.89. The molecule has 0 fully saturated rings. The first-order valence-corrected chi connectivity index (χ1v) is 6.67. The third-order valence-corrected chi connectivity index (χ3v) is 3.62. The minimum absolute atomic E-state index is 0.0766. The van der Waals surface area contributed by atoms with Crippen LogP contribution in [0, 0.1) is 0 Å². The molecule has 5 nitrogen and oxygen atoms in total. The lowest BCUT2D eigenvalue weighted by molar-refractivity contribution is 0.581. The summed E-state index contributed by atoms with van der Waals surface area (Å²) in [6, 6.07) is 7.58. The highest BCUT2D eigenvalue weighted by Crippen LogP contribution is 2.09. The second kappa shape index (κ2) is 4.23. The van der Waals surface area contributed by atoms with Gasteiger partial charge in [0.05, 0.1) is 23.3 Å². The molecular formula is C10H13N3O2S. The summed E-state index contributed by atoms with van der Waals surface area (Å²) < 4.78 is 24.9. The van der Waals surface area contributed by atoms with Gasteiger partial charge in [-0.2, -0.15) is 0 Å². The summed E-state index contributed by atoms with van der Waals surface area (Å²) in [5, 5.41) is 0. The Bertz CT molecular complexity index is 556. The maximum atomic E-state index is 11.2. The molecule has 0 aliphatic rings. The van der Waals surface area contributed by atoms with E-state index in [1.165, 1.54) is 0 Å². The second-order valence-corrected chi connectivity index (χ2v) is 5.52. The van der Waals surface area contributed by atoms with E-state index in [9.17, 15) is 8.42 Å². The quantitative estimate of drug-likeness (QED) is 0.836. The van der Waals surface area contributed by atoms with Gasteiger partial charge in [0.2, 0.25) is 10.0 Å². The van der Waals surface area contributed by atoms with Gasteiger partial charge in [-0.3, -0.25) is 0 Å². The molecule has 2 aromatic rings. The van der Waals surface area contributed by atoms with E-state index in [1.54, 1.807) is 6.92 Å². The Morgan fingerprint density at radius 2 is 2.12 bits per heavy atom. The van der Waals surface area contributed by atoms with Crippen LogP contribution in [0.3, 0.4) is 0 Å². The van der Waals surface area contributed by atoms with Gasteiger partial charge in [0, 0.05) is 0 Å². The molecule has 0 aliphatic carbocycles. The van der Waals surface area contributed by atoms with Crippen molar-refractivity contribution < 1.29 is 8.42 Å². The normalized spacial score (nSPS) is 12.1. The molecule has 6 heteroatoms. The Morgan fingerprint density at radius 3 is 2.81 bits per heavy atom. The molecule has 0 saturated heterocycles. The average molecular weight is 239 g/mol. The SMILES string of the molecule is CCS(=O)(=O)NCc1nc2ccccc2[nH]1. The number of hydrogen-bond acceptors (Lipinski definition) is 3. The number of aromatic nitrogens is 2. The molecular weight excluding hydrogens is 226 g/mol. The minimum Gasteiger partial charge on any atom is -0.341 e. The van der Waals surface area contributed by atoms with Crippen LogP contribution >= 0.6 is 0 Å². The highest BCUT2D eigenvalue weighted by Gasteiger charge is 2.08. The zero-order valence-corrected chi connectivity index (χ0v) is 9.71. The number of sulfonamides is 1. The largest absolute Gasteiger partial charge is 0.341 e. The molecule has 1 heterocycles. The molecule has 1 aromatic carbocycles. The summed E-state index contributed by atoms with van der Waals surface area (Å²) in [6.07, 6.45) is 0. The smallest absolute Gasteiger partial charge is 0.211 e. The van der Waals surface area contributed by atoms with Crippen LogP contribution in [0.25, 0.3) is 11.0 Å². The van der Waals surface area contributed by atoms with E-state index in [0.29, 0.717) is 5.82 Å². The van der Waals surface area contributed by atoms with Crippen molar-refractivity contribution in [3.8, 4) is 0 Å². The van der Waals surface area contributed by atoms with E-state index in [2.05, 4.69) is 14.7 Å². The molecule has 86 valence electrons. The van der Waals surface area contributed by atoms with Crippen molar-refractivity contribution in [1.29, 1.82) is 0 Å². The Kier molecular flexibility index (Phi) is 2.93. The third-order valence-electron chi connectivity index (χ3n) is 2.28. The molecule has 0 radical (unpaired) electrons. The van der Waals surface area contributed by atoms with Crippen LogP contribution in [0.1, 0.15) is 12.7 Å². The lowest BCUT2D eigenvalue weighted by Gasteiger charge is -2.00. The van der Waals surface area contributed by atoms with Gasteiger partial charge in [0.15, 0.2) is 0 Å². The van der Waals surface area contributed by atoms with E-state index in [4.69, 9.17) is 0 Å². The van der Waals surface area contributed by atoms with E-state index in [0.717, 1.165) is 11.0 Å². The summed E-state index contributed by atoms with van der Waals surface area (Å²) in [4.78, 5) is 7.32. The number of nitrogens with zero attached hydrogens (tertiary/aromatic N) is 1. The molecule has 0 amide bonds. The maximum Gasteiger partial charge on any atom is 0.211 e. The molecule has 1 aromatic heterocycles. The predicted octanol–water partition coefficient (Wildman–Crippen LogP) is 1.00. The summed E-state index contributed by atoms with van der Waals surface area (Å²) in [5.41, 5.74) is 1.75. The van der Waals surface area contributed by atoms with E-state index >= 15 is 0 Å². The Morgan fingerprint density at radius 1 is 1.38 bits per heavy atom. The number of rotatable bonds is 4. The molecule has 0 bridgehead atoms. The van der Waals surface area contributed by atoms with Crippen LogP contribution in [0.4, 0.5) is 0 Å². The molecule has 0 unspecified atom stereocenters. The highest BCUT2D eigenvalue weighted by atomic mass is 32.2. The molecule has 16 heavy (non-hydrogen) atoms. The van der Waals surface area contributed by atoms with Gasteiger partial charge in [-0.05, 0) is 19.1 Å². The number of H-pyrrole nitrogens is 1. The number of imidazole rings is 1. The van der Waals surface area contributed by atoms with Crippen LogP contribution in [0.5, 0.6) is 0 Å². The van der Waals surface area contributed by atoms with Gasteiger partial charge in [0.25, 0.3) is 0 Å². The van der Waals surface area contributed by atoms with E-state index in [-0.39, 0.29) is 12.3 Å². The van der Waals surface area contributed by atoms with Gasteiger partial charge in [0.1, 0.15) is 5.82 Å². The number of fused-ring (bicyclic) bond motifs is 1. The fourth-order valence-corrected chi connectivity index (χ4v) is 1.93. The number of hydrogen-bond donors (Lipinski definition) is 2. The van der Waals surface area contributed by atoms with Crippen molar-refractivity contribution in [3.05, 3.63) is 30.1 Å². The van der Waals surface area contributed by atoms with Gasteiger partial charge in [-0.15, -0.1) is 0 Å². The Balaban J connectivity index is 2.16. The molecule has 0 atom stereocenters. The second-order valence-electron chi connectivity index (χ2n) is 3.43. The van der Waals surface area contributed by atoms with Crippen molar-refractivity contribution in [3.63, 3.8) is 0 Å². The standard InChI is InChI=1S/C10H13N3O2S/c1-2-16(14,15)11-7-10-12-8-5-3-4-6-9(8)13-10/h3-6,11H,2,7H2,1H3,(H,12,13). The zero-order valence-electron chi connectivity index (χ0n) is 8.90. The van der Waals surface area contributed by atoms with Crippen LogP contribution < -0.4 is 4.72 Å². The van der Waals surface area contributed by atoms with Crippen molar-refractivity contribution in [2.24, 2.45) is 0 Å². The monoisotopic (exact) mass is 239 g/mol. The fraction of sp³-hybridized carbons (Fsp3) is 0.300. The van der Waals surface area contributed by atoms with E-state index in [1.807, 2.05) is 24.3 Å². The van der Waals surface area contributed by atoms with Gasteiger partial charge in [-0.1, -0.05) is 12.1 Å². The first kappa shape index (κ1) is 11.1. The van der Waals surface area contributed by atoms with E-state index < -0.39 is 10.0 Å². The summed E-state index contributed by atoms with van der Waals surface area (Å²) >= 11 is 0. The van der Waals surface area contributed by atoms with Crippen molar-refractivity contribution in [1.82, 2.24) is 14.7 Å². The maximum absolute atomic E-state index is 11.2. The number of benzene rings is 1. The van der Waals surface area contributed by atoms with Gasteiger partial charge < -0.3 is 4.98 Å². The van der Waals surface area contributed by atoms with Crippen molar-refractivity contribution >= 4 is 21.1 Å². The topological polar surface area (TPSA) is 74.8 Å². The van der Waals surface area contributed by atoms with Crippen LogP contribution in [-0.4, -0.2) is 24.1 Å². The third kappa shape index (κ3) is 2.40. The first-order valence-electron chi connectivity index (χ1n) is 5.01. The molecule has 0 saturated carbocycles. The number of para-hydroxylation sites is 2.